The number of nitrogens with one attached hydrogen (secondary N) is 2. The summed E-state index contributed by atoms with van der Waals surface area (Å²) in [4.78, 5) is 38.6. The standard InChI is InChI=1S/C20H19BrN4O5/c21-14-5-6-17(26)13(11-14)12-22-24-19(28)18(27)23-16-4-2-1-3-15(16)20(29)25-7-9-30-10-8-25/h1-6,11-12,26H,7-10H2,(H,23,27)(H,24,28). The van der Waals surface area contributed by atoms with Gasteiger partial charge < -0.3 is 20.1 Å². The highest BCUT2D eigenvalue weighted by Crippen LogP contribution is 2.20. The summed E-state index contributed by atoms with van der Waals surface area (Å²) in [5, 5.41) is 15.9. The van der Waals surface area contributed by atoms with Crippen molar-refractivity contribution in [3.05, 3.63) is 58.1 Å². The zero-order chi connectivity index (χ0) is 21.5. The quantitative estimate of drug-likeness (QED) is 0.354. The van der Waals surface area contributed by atoms with E-state index in [1.807, 2.05) is 0 Å². The molecule has 3 N–H and O–H groups in total. The topological polar surface area (TPSA) is 120 Å². The van der Waals surface area contributed by atoms with Crippen molar-refractivity contribution in [2.45, 2.75) is 0 Å². The van der Waals surface area contributed by atoms with Crippen LogP contribution in [0, 0.1) is 0 Å². The summed E-state index contributed by atoms with van der Waals surface area (Å²) in [5.74, 6) is -2.28. The molecule has 0 spiro atoms. The number of halogens is 1. The highest BCUT2D eigenvalue weighted by molar-refractivity contribution is 9.10. The van der Waals surface area contributed by atoms with Crippen molar-refractivity contribution in [1.82, 2.24) is 10.3 Å². The van der Waals surface area contributed by atoms with Gasteiger partial charge in [-0.05, 0) is 30.3 Å². The van der Waals surface area contributed by atoms with Gasteiger partial charge in [0.2, 0.25) is 0 Å². The zero-order valence-electron chi connectivity index (χ0n) is 15.8. The van der Waals surface area contributed by atoms with Gasteiger partial charge in [0.25, 0.3) is 5.91 Å². The summed E-state index contributed by atoms with van der Waals surface area (Å²) >= 11 is 3.26. The number of carbonyl (C=O) groups is 3. The van der Waals surface area contributed by atoms with Crippen LogP contribution in [0.2, 0.25) is 0 Å². The lowest BCUT2D eigenvalue weighted by Gasteiger charge is -2.27. The fourth-order valence-corrected chi connectivity index (χ4v) is 3.11. The minimum absolute atomic E-state index is 0.0313. The largest absolute Gasteiger partial charge is 0.507 e. The van der Waals surface area contributed by atoms with Gasteiger partial charge in [-0.15, -0.1) is 0 Å². The molecule has 1 saturated heterocycles. The second-order valence-corrected chi connectivity index (χ2v) is 7.22. The Bertz CT molecular complexity index is 989. The molecular weight excluding hydrogens is 456 g/mol. The summed E-state index contributed by atoms with van der Waals surface area (Å²) in [6, 6.07) is 11.2. The third-order valence-corrected chi connectivity index (χ3v) is 4.76. The first-order valence-corrected chi connectivity index (χ1v) is 9.84. The fraction of sp³-hybridized carbons (Fsp3) is 0.200. The number of ether oxygens (including phenoxy) is 1. The van der Waals surface area contributed by atoms with Gasteiger partial charge in [0.15, 0.2) is 0 Å². The van der Waals surface area contributed by atoms with Crippen LogP contribution in [0.25, 0.3) is 0 Å². The number of aromatic hydroxyl groups is 1. The van der Waals surface area contributed by atoms with Gasteiger partial charge in [-0.3, -0.25) is 14.4 Å². The van der Waals surface area contributed by atoms with E-state index >= 15 is 0 Å². The number of morpholine rings is 1. The second-order valence-electron chi connectivity index (χ2n) is 6.31. The van der Waals surface area contributed by atoms with E-state index in [1.54, 1.807) is 41.3 Å². The number of para-hydroxylation sites is 1. The molecule has 10 heteroatoms. The highest BCUT2D eigenvalue weighted by Gasteiger charge is 2.22. The van der Waals surface area contributed by atoms with Gasteiger partial charge in [0.1, 0.15) is 5.75 Å². The number of rotatable bonds is 4. The van der Waals surface area contributed by atoms with Gasteiger partial charge in [0, 0.05) is 23.1 Å². The van der Waals surface area contributed by atoms with Crippen LogP contribution >= 0.6 is 15.9 Å². The molecule has 0 unspecified atom stereocenters. The van der Waals surface area contributed by atoms with Crippen molar-refractivity contribution in [1.29, 1.82) is 0 Å². The van der Waals surface area contributed by atoms with Crippen LogP contribution < -0.4 is 10.7 Å². The van der Waals surface area contributed by atoms with Crippen molar-refractivity contribution in [3.63, 3.8) is 0 Å². The maximum atomic E-state index is 12.7. The maximum absolute atomic E-state index is 12.7. The molecule has 0 aliphatic carbocycles. The van der Waals surface area contributed by atoms with Crippen LogP contribution in [-0.2, 0) is 14.3 Å². The minimum atomic E-state index is -1.02. The maximum Gasteiger partial charge on any atom is 0.329 e. The van der Waals surface area contributed by atoms with E-state index in [4.69, 9.17) is 4.74 Å². The molecule has 2 aromatic carbocycles. The van der Waals surface area contributed by atoms with Crippen molar-refractivity contribution in [2.75, 3.05) is 31.6 Å². The van der Waals surface area contributed by atoms with Crippen LogP contribution in [0.3, 0.4) is 0 Å². The summed E-state index contributed by atoms with van der Waals surface area (Å²) < 4.78 is 5.96. The number of anilines is 1. The van der Waals surface area contributed by atoms with Crippen molar-refractivity contribution in [2.24, 2.45) is 5.10 Å². The third kappa shape index (κ3) is 5.43. The van der Waals surface area contributed by atoms with Crippen molar-refractivity contribution in [3.8, 4) is 5.75 Å². The number of phenolic OH excluding ortho intramolecular Hbond substituents is 1. The average molecular weight is 475 g/mol. The molecule has 156 valence electrons. The number of amides is 3. The summed E-state index contributed by atoms with van der Waals surface area (Å²) in [7, 11) is 0. The first-order chi connectivity index (χ1) is 14.5. The minimum Gasteiger partial charge on any atom is -0.507 e. The normalized spacial score (nSPS) is 13.8. The lowest BCUT2D eigenvalue weighted by atomic mass is 10.1. The predicted octanol–water partition coefficient (Wildman–Crippen LogP) is 1.72. The van der Waals surface area contributed by atoms with Crippen LogP contribution in [-0.4, -0.2) is 60.2 Å². The number of hydrogen-bond donors (Lipinski definition) is 3. The van der Waals surface area contributed by atoms with E-state index in [1.165, 1.54) is 12.3 Å². The molecule has 1 heterocycles. The van der Waals surface area contributed by atoms with Crippen LogP contribution in [0.15, 0.2) is 52.0 Å². The number of carbonyl (C=O) groups excluding carboxylic acids is 3. The SMILES string of the molecule is O=C(NN=Cc1cc(Br)ccc1O)C(=O)Nc1ccccc1C(=O)N1CCOCC1. The summed E-state index contributed by atoms with van der Waals surface area (Å²) in [6.07, 6.45) is 1.21. The highest BCUT2D eigenvalue weighted by atomic mass is 79.9. The number of benzene rings is 2. The molecule has 0 radical (unpaired) electrons. The van der Waals surface area contributed by atoms with E-state index in [0.29, 0.717) is 36.3 Å². The van der Waals surface area contributed by atoms with E-state index in [9.17, 15) is 19.5 Å². The fourth-order valence-electron chi connectivity index (χ4n) is 2.73. The van der Waals surface area contributed by atoms with E-state index in [2.05, 4.69) is 31.8 Å². The Hall–Kier alpha value is -3.24. The lowest BCUT2D eigenvalue weighted by Crippen LogP contribution is -2.41. The van der Waals surface area contributed by atoms with E-state index in [-0.39, 0.29) is 22.9 Å². The molecule has 0 bridgehead atoms. The Balaban J connectivity index is 1.64. The molecule has 3 amide bonds. The third-order valence-electron chi connectivity index (χ3n) is 4.27. The molecule has 0 aromatic heterocycles. The zero-order valence-corrected chi connectivity index (χ0v) is 17.4. The molecule has 0 saturated carbocycles. The molecule has 0 atom stereocenters. The van der Waals surface area contributed by atoms with Crippen LogP contribution in [0.5, 0.6) is 5.75 Å². The van der Waals surface area contributed by atoms with Crippen LogP contribution in [0.4, 0.5) is 5.69 Å². The Labute approximate surface area is 180 Å². The van der Waals surface area contributed by atoms with Gasteiger partial charge in [-0.2, -0.15) is 5.10 Å². The van der Waals surface area contributed by atoms with Gasteiger partial charge in [-0.1, -0.05) is 28.1 Å². The summed E-state index contributed by atoms with van der Waals surface area (Å²) in [5.41, 5.74) is 2.95. The molecule has 1 aliphatic heterocycles. The number of hydrogen-bond acceptors (Lipinski definition) is 6. The smallest absolute Gasteiger partial charge is 0.329 e. The summed E-state index contributed by atoms with van der Waals surface area (Å²) in [6.45, 7) is 1.82. The molecule has 1 fully saturated rings. The molecule has 9 nitrogen and oxygen atoms in total. The predicted molar refractivity (Wildman–Crippen MR) is 113 cm³/mol. The Morgan fingerprint density at radius 3 is 2.60 bits per heavy atom. The average Bonchev–Trinajstić information content (AvgIpc) is 2.76. The van der Waals surface area contributed by atoms with Gasteiger partial charge in [-0.25, -0.2) is 5.43 Å². The molecule has 30 heavy (non-hydrogen) atoms. The lowest BCUT2D eigenvalue weighted by molar-refractivity contribution is -0.136. The number of phenols is 1. The Morgan fingerprint density at radius 2 is 1.83 bits per heavy atom. The van der Waals surface area contributed by atoms with Crippen molar-refractivity contribution >= 4 is 45.6 Å². The van der Waals surface area contributed by atoms with E-state index < -0.39 is 11.8 Å². The first-order valence-electron chi connectivity index (χ1n) is 9.04. The monoisotopic (exact) mass is 474 g/mol. The molecular formula is C20H19BrN4O5. The van der Waals surface area contributed by atoms with E-state index in [0.717, 1.165) is 0 Å². The number of nitrogens with zero attached hydrogens (tertiary/aromatic N) is 2. The van der Waals surface area contributed by atoms with Gasteiger partial charge >= 0.3 is 11.8 Å². The molecule has 1 aliphatic rings. The number of hydrazone groups is 1. The Morgan fingerprint density at radius 1 is 1.10 bits per heavy atom. The molecule has 3 rings (SSSR count). The van der Waals surface area contributed by atoms with Gasteiger partial charge in [0.05, 0.1) is 30.7 Å². The van der Waals surface area contributed by atoms with Crippen LogP contribution in [0.1, 0.15) is 15.9 Å². The first kappa shape index (κ1) is 21.5. The second kappa shape index (κ2) is 9.99. The molecule has 2 aromatic rings. The Kier molecular flexibility index (Phi) is 7.15. The van der Waals surface area contributed by atoms with Crippen molar-refractivity contribution < 1.29 is 24.2 Å².